The van der Waals surface area contributed by atoms with E-state index in [1.54, 1.807) is 0 Å². The van der Waals surface area contributed by atoms with E-state index in [1.807, 2.05) is 0 Å². The molecule has 5 heteroatoms. The number of carboxylic acid groups (broad SMARTS) is 1. The first-order chi connectivity index (χ1) is 4.41. The van der Waals surface area contributed by atoms with E-state index in [1.165, 1.54) is 13.8 Å². The Labute approximate surface area is 77.4 Å². The first-order valence-corrected chi connectivity index (χ1v) is 2.91. The second-order valence-corrected chi connectivity index (χ2v) is 2.87. The third-order valence-electron chi connectivity index (χ3n) is 1.37. The van der Waals surface area contributed by atoms with E-state index >= 15 is 0 Å². The van der Waals surface area contributed by atoms with E-state index < -0.39 is 17.5 Å². The van der Waals surface area contributed by atoms with Gasteiger partial charge in [0.05, 0.1) is 12.6 Å². The molecule has 0 aliphatic carbocycles. The second-order valence-electron chi connectivity index (χ2n) is 2.87. The quantitative estimate of drug-likeness (QED) is 0.399. The molecule has 0 radical (unpaired) electrons. The van der Waals surface area contributed by atoms with Crippen LogP contribution in [0.25, 0.3) is 0 Å². The SMILES string of the molecule is CC(C)(CO)C(O)C(=O)[O-].[Li+]. The minimum absolute atomic E-state index is 0. The molecule has 0 rings (SSSR count). The van der Waals surface area contributed by atoms with Gasteiger partial charge in [0.2, 0.25) is 0 Å². The van der Waals surface area contributed by atoms with Gasteiger partial charge in [-0.2, -0.15) is 0 Å². The molecule has 0 saturated carbocycles. The molecule has 60 valence electrons. The van der Waals surface area contributed by atoms with Crippen LogP contribution in [0.1, 0.15) is 13.8 Å². The van der Waals surface area contributed by atoms with Gasteiger partial charge in [-0.25, -0.2) is 0 Å². The van der Waals surface area contributed by atoms with Gasteiger partial charge in [-0.15, -0.1) is 0 Å². The molecular weight excluding hydrogens is 143 g/mol. The van der Waals surface area contributed by atoms with Gasteiger partial charge in [-0.1, -0.05) is 13.8 Å². The summed E-state index contributed by atoms with van der Waals surface area (Å²) >= 11 is 0. The standard InChI is InChI=1S/C6H12O4.Li/c1-6(2,3-7)4(8)5(9)10;/h4,7-8H,3H2,1-2H3,(H,9,10);/q;+1/p-1. The summed E-state index contributed by atoms with van der Waals surface area (Å²) in [5, 5.41) is 27.4. The topological polar surface area (TPSA) is 80.6 Å². The Morgan fingerprint density at radius 3 is 2.09 bits per heavy atom. The van der Waals surface area contributed by atoms with E-state index in [9.17, 15) is 9.90 Å². The summed E-state index contributed by atoms with van der Waals surface area (Å²) in [6.45, 7) is 2.49. The Bertz CT molecular complexity index is 135. The fraction of sp³-hybridized carbons (Fsp3) is 0.833. The van der Waals surface area contributed by atoms with E-state index in [2.05, 4.69) is 0 Å². The summed E-state index contributed by atoms with van der Waals surface area (Å²) in [5.41, 5.74) is -1.03. The van der Waals surface area contributed by atoms with Crippen LogP contribution < -0.4 is 24.0 Å². The van der Waals surface area contributed by atoms with Crippen molar-refractivity contribution in [1.29, 1.82) is 0 Å². The zero-order valence-corrected chi connectivity index (χ0v) is 7.00. The Hall–Kier alpha value is -0.0126. The summed E-state index contributed by atoms with van der Waals surface area (Å²) in [4.78, 5) is 10.0. The van der Waals surface area contributed by atoms with E-state index in [4.69, 9.17) is 10.2 Å². The van der Waals surface area contributed by atoms with Crippen molar-refractivity contribution in [2.24, 2.45) is 5.41 Å². The van der Waals surface area contributed by atoms with Crippen molar-refractivity contribution in [3.05, 3.63) is 0 Å². The summed E-state index contributed by atoms with van der Waals surface area (Å²) in [5.74, 6) is -1.56. The number of hydrogen-bond acceptors (Lipinski definition) is 4. The first kappa shape index (κ1) is 13.6. The average Bonchev–Trinajstić information content (AvgIpc) is 1.86. The van der Waals surface area contributed by atoms with Gasteiger partial charge in [-0.05, 0) is 0 Å². The smallest absolute Gasteiger partial charge is 0.547 e. The Morgan fingerprint density at radius 1 is 1.64 bits per heavy atom. The molecule has 0 aliphatic heterocycles. The van der Waals surface area contributed by atoms with Gasteiger partial charge in [0, 0.05) is 5.41 Å². The average molecular weight is 154 g/mol. The fourth-order valence-electron chi connectivity index (χ4n) is 0.406. The molecule has 0 aromatic heterocycles. The molecule has 2 N–H and O–H groups in total. The molecule has 0 spiro atoms. The van der Waals surface area contributed by atoms with Crippen LogP contribution in [0.5, 0.6) is 0 Å². The molecule has 11 heavy (non-hydrogen) atoms. The number of carbonyl (C=O) groups is 1. The maximum absolute atomic E-state index is 10.0. The summed E-state index contributed by atoms with van der Waals surface area (Å²) < 4.78 is 0. The maximum atomic E-state index is 10.0. The van der Waals surface area contributed by atoms with Crippen LogP contribution in [-0.4, -0.2) is 28.9 Å². The molecular formula is C6H11LiO4. The molecule has 1 unspecified atom stereocenters. The van der Waals surface area contributed by atoms with Crippen LogP contribution in [0.15, 0.2) is 0 Å². The number of aliphatic carboxylic acids is 1. The van der Waals surface area contributed by atoms with Crippen LogP contribution in [0.2, 0.25) is 0 Å². The van der Waals surface area contributed by atoms with Gasteiger partial charge < -0.3 is 20.1 Å². The molecule has 0 amide bonds. The van der Waals surface area contributed by atoms with Crippen molar-refractivity contribution in [2.45, 2.75) is 20.0 Å². The third-order valence-corrected chi connectivity index (χ3v) is 1.37. The van der Waals surface area contributed by atoms with Gasteiger partial charge in [0.25, 0.3) is 0 Å². The van der Waals surface area contributed by atoms with Gasteiger partial charge in [0.15, 0.2) is 0 Å². The molecule has 1 atom stereocenters. The summed E-state index contributed by atoms with van der Waals surface area (Å²) in [7, 11) is 0. The molecule has 0 aromatic carbocycles. The Morgan fingerprint density at radius 2 is 2.00 bits per heavy atom. The van der Waals surface area contributed by atoms with E-state index in [0.29, 0.717) is 0 Å². The van der Waals surface area contributed by atoms with Crippen molar-refractivity contribution >= 4 is 5.97 Å². The van der Waals surface area contributed by atoms with Crippen LogP contribution in [0, 0.1) is 5.41 Å². The van der Waals surface area contributed by atoms with Gasteiger partial charge in [-0.3, -0.25) is 0 Å². The predicted octanol–water partition coefficient (Wildman–Crippen LogP) is -4.88. The maximum Gasteiger partial charge on any atom is 1.00 e. The third kappa shape index (κ3) is 3.78. The number of aliphatic hydroxyl groups is 2. The molecule has 0 fully saturated rings. The summed E-state index contributed by atoms with van der Waals surface area (Å²) in [6.07, 6.45) is -1.61. The number of rotatable bonds is 3. The molecule has 0 bridgehead atoms. The largest absolute Gasteiger partial charge is 1.00 e. The van der Waals surface area contributed by atoms with Crippen molar-refractivity contribution in [1.82, 2.24) is 0 Å². The number of aliphatic hydroxyl groups excluding tert-OH is 2. The number of carboxylic acids is 1. The van der Waals surface area contributed by atoms with Crippen LogP contribution in [0.4, 0.5) is 0 Å². The molecule has 0 aromatic rings. The minimum Gasteiger partial charge on any atom is -0.547 e. The molecule has 0 heterocycles. The Kier molecular flexibility index (Phi) is 5.90. The van der Waals surface area contributed by atoms with Crippen molar-refractivity contribution < 1.29 is 39.0 Å². The predicted molar refractivity (Wildman–Crippen MR) is 31.9 cm³/mol. The first-order valence-electron chi connectivity index (χ1n) is 2.91. The van der Waals surface area contributed by atoms with Crippen LogP contribution in [-0.2, 0) is 4.79 Å². The van der Waals surface area contributed by atoms with Crippen LogP contribution >= 0.6 is 0 Å². The second kappa shape index (κ2) is 4.78. The molecule has 4 nitrogen and oxygen atoms in total. The monoisotopic (exact) mass is 154 g/mol. The van der Waals surface area contributed by atoms with Crippen LogP contribution in [0.3, 0.4) is 0 Å². The minimum atomic E-state index is -1.61. The molecule has 0 aliphatic rings. The fourth-order valence-corrected chi connectivity index (χ4v) is 0.406. The zero-order chi connectivity index (χ0) is 8.36. The number of carbonyl (C=O) groups excluding carboxylic acids is 1. The normalized spacial score (nSPS) is 13.5. The number of hydrogen-bond donors (Lipinski definition) is 2. The summed E-state index contributed by atoms with van der Waals surface area (Å²) in [6, 6.07) is 0. The molecule has 0 saturated heterocycles. The van der Waals surface area contributed by atoms with Gasteiger partial charge >= 0.3 is 18.9 Å². The van der Waals surface area contributed by atoms with E-state index in [0.717, 1.165) is 0 Å². The van der Waals surface area contributed by atoms with Crippen molar-refractivity contribution in [3.63, 3.8) is 0 Å². The van der Waals surface area contributed by atoms with E-state index in [-0.39, 0.29) is 25.5 Å². The zero-order valence-electron chi connectivity index (χ0n) is 7.00. The van der Waals surface area contributed by atoms with Crippen molar-refractivity contribution in [2.75, 3.05) is 6.61 Å². The van der Waals surface area contributed by atoms with Crippen molar-refractivity contribution in [3.8, 4) is 0 Å². The van der Waals surface area contributed by atoms with Gasteiger partial charge in [0.1, 0.15) is 6.10 Å². The Balaban J connectivity index is 0.